The molecule has 0 saturated carbocycles. The van der Waals surface area contributed by atoms with Crippen LogP contribution in [0.4, 0.5) is 4.39 Å². The van der Waals surface area contributed by atoms with Crippen LogP contribution in [0, 0.1) is 11.7 Å². The van der Waals surface area contributed by atoms with Gasteiger partial charge in [-0.05, 0) is 31.0 Å². The van der Waals surface area contributed by atoms with Gasteiger partial charge in [0.25, 0.3) is 5.91 Å². The van der Waals surface area contributed by atoms with Crippen molar-refractivity contribution in [2.75, 3.05) is 20.1 Å². The average Bonchev–Trinajstić information content (AvgIpc) is 2.48. The number of nitrogens with one attached hydrogen (secondary N) is 1. The van der Waals surface area contributed by atoms with E-state index >= 15 is 0 Å². The Hall–Kier alpha value is -1.43. The Morgan fingerprint density at radius 2 is 2.20 bits per heavy atom. The molecule has 20 heavy (non-hydrogen) atoms. The van der Waals surface area contributed by atoms with E-state index in [1.54, 1.807) is 18.0 Å². The smallest absolute Gasteiger partial charge is 0.256 e. The highest BCUT2D eigenvalue weighted by Gasteiger charge is 2.29. The molecular formula is C14H16BrFN2O2. The molecule has 1 unspecified atom stereocenters. The zero-order valence-corrected chi connectivity index (χ0v) is 12.7. The van der Waals surface area contributed by atoms with E-state index in [-0.39, 0.29) is 23.3 Å². The quantitative estimate of drug-likeness (QED) is 0.895. The molecule has 2 amide bonds. The van der Waals surface area contributed by atoms with Crippen molar-refractivity contribution in [1.29, 1.82) is 0 Å². The predicted molar refractivity (Wildman–Crippen MR) is 76.8 cm³/mol. The number of carbonyl (C=O) groups excluding carboxylic acids is 2. The number of amides is 2. The second-order valence-electron chi connectivity index (χ2n) is 4.83. The van der Waals surface area contributed by atoms with Crippen LogP contribution < -0.4 is 5.32 Å². The molecule has 1 heterocycles. The van der Waals surface area contributed by atoms with E-state index < -0.39 is 5.82 Å². The van der Waals surface area contributed by atoms with Crippen molar-refractivity contribution in [3.8, 4) is 0 Å². The molecule has 0 bridgehead atoms. The number of hydrogen-bond acceptors (Lipinski definition) is 2. The molecule has 0 spiro atoms. The minimum Gasteiger partial charge on any atom is -0.359 e. The molecule has 0 radical (unpaired) electrons. The summed E-state index contributed by atoms with van der Waals surface area (Å²) in [6.45, 7) is 0.892. The Balaban J connectivity index is 2.16. The van der Waals surface area contributed by atoms with Gasteiger partial charge in [0.15, 0.2) is 0 Å². The second kappa shape index (κ2) is 6.35. The van der Waals surface area contributed by atoms with E-state index in [0.717, 1.165) is 12.8 Å². The lowest BCUT2D eigenvalue weighted by Gasteiger charge is -2.32. The standard InChI is InChI=1S/C14H16BrFN2O2/c1-17-13(19)9-3-2-6-18(8-9)14(20)11-7-10(15)4-5-12(11)16/h4-5,7,9H,2-3,6,8H2,1H3,(H,17,19). The maximum absolute atomic E-state index is 13.7. The molecule has 1 aromatic carbocycles. The van der Waals surface area contributed by atoms with Crippen molar-refractivity contribution in [2.24, 2.45) is 5.92 Å². The van der Waals surface area contributed by atoms with Crippen molar-refractivity contribution in [2.45, 2.75) is 12.8 Å². The second-order valence-corrected chi connectivity index (χ2v) is 5.74. The first-order chi connectivity index (χ1) is 9.52. The maximum Gasteiger partial charge on any atom is 0.256 e. The van der Waals surface area contributed by atoms with E-state index in [1.807, 2.05) is 0 Å². The molecule has 1 aliphatic rings. The van der Waals surface area contributed by atoms with Crippen molar-refractivity contribution in [3.63, 3.8) is 0 Å². The van der Waals surface area contributed by atoms with Gasteiger partial charge in [-0.15, -0.1) is 0 Å². The molecule has 4 nitrogen and oxygen atoms in total. The number of halogens is 2. The zero-order valence-electron chi connectivity index (χ0n) is 11.2. The summed E-state index contributed by atoms with van der Waals surface area (Å²) in [5, 5.41) is 2.60. The number of benzene rings is 1. The van der Waals surface area contributed by atoms with Gasteiger partial charge >= 0.3 is 0 Å². The molecule has 1 N–H and O–H groups in total. The van der Waals surface area contributed by atoms with Crippen LogP contribution in [0.25, 0.3) is 0 Å². The summed E-state index contributed by atoms with van der Waals surface area (Å²) < 4.78 is 14.4. The fourth-order valence-electron chi connectivity index (χ4n) is 2.41. The number of carbonyl (C=O) groups is 2. The zero-order chi connectivity index (χ0) is 14.7. The van der Waals surface area contributed by atoms with Gasteiger partial charge < -0.3 is 10.2 Å². The van der Waals surface area contributed by atoms with Gasteiger partial charge in [-0.3, -0.25) is 9.59 Å². The van der Waals surface area contributed by atoms with Gasteiger partial charge in [-0.1, -0.05) is 15.9 Å². The lowest BCUT2D eigenvalue weighted by Crippen LogP contribution is -2.45. The summed E-state index contributed by atoms with van der Waals surface area (Å²) in [5.41, 5.74) is 0.0388. The fraction of sp³-hybridized carbons (Fsp3) is 0.429. The van der Waals surface area contributed by atoms with Gasteiger partial charge in [0.05, 0.1) is 11.5 Å². The largest absolute Gasteiger partial charge is 0.359 e. The van der Waals surface area contributed by atoms with Crippen LogP contribution in [0.1, 0.15) is 23.2 Å². The molecular weight excluding hydrogens is 327 g/mol. The van der Waals surface area contributed by atoms with Gasteiger partial charge in [0, 0.05) is 24.6 Å². The van der Waals surface area contributed by atoms with Gasteiger partial charge in [-0.25, -0.2) is 4.39 Å². The lowest BCUT2D eigenvalue weighted by atomic mass is 9.96. The summed E-state index contributed by atoms with van der Waals surface area (Å²) in [6, 6.07) is 4.29. The molecule has 6 heteroatoms. The number of nitrogens with zero attached hydrogens (tertiary/aromatic N) is 1. The van der Waals surface area contributed by atoms with Gasteiger partial charge in [-0.2, -0.15) is 0 Å². The lowest BCUT2D eigenvalue weighted by molar-refractivity contribution is -0.125. The Morgan fingerprint density at radius 3 is 2.90 bits per heavy atom. The molecule has 1 aromatic rings. The molecule has 0 aromatic heterocycles. The highest BCUT2D eigenvalue weighted by Crippen LogP contribution is 2.22. The van der Waals surface area contributed by atoms with Crippen molar-refractivity contribution >= 4 is 27.7 Å². The number of likely N-dealkylation sites (tertiary alicyclic amines) is 1. The minimum atomic E-state index is -0.541. The third-order valence-electron chi connectivity index (χ3n) is 3.48. The monoisotopic (exact) mass is 342 g/mol. The van der Waals surface area contributed by atoms with Crippen molar-refractivity contribution in [1.82, 2.24) is 10.2 Å². The molecule has 1 saturated heterocycles. The fourth-order valence-corrected chi connectivity index (χ4v) is 2.77. The summed E-state index contributed by atoms with van der Waals surface area (Å²) >= 11 is 3.23. The topological polar surface area (TPSA) is 49.4 Å². The third kappa shape index (κ3) is 3.17. The Kier molecular flexibility index (Phi) is 4.75. The average molecular weight is 343 g/mol. The van der Waals surface area contributed by atoms with Crippen molar-refractivity contribution in [3.05, 3.63) is 34.1 Å². The van der Waals surface area contributed by atoms with Crippen LogP contribution in [0.2, 0.25) is 0 Å². The first-order valence-corrected chi connectivity index (χ1v) is 7.28. The predicted octanol–water partition coefficient (Wildman–Crippen LogP) is 2.19. The molecule has 1 fully saturated rings. The Labute approximate surface area is 125 Å². The normalized spacial score (nSPS) is 18.8. The van der Waals surface area contributed by atoms with Gasteiger partial charge in [0.2, 0.25) is 5.91 Å². The van der Waals surface area contributed by atoms with Crippen LogP contribution in [0.3, 0.4) is 0 Å². The highest BCUT2D eigenvalue weighted by atomic mass is 79.9. The summed E-state index contributed by atoms with van der Waals surface area (Å²) in [4.78, 5) is 25.6. The summed E-state index contributed by atoms with van der Waals surface area (Å²) in [6.07, 6.45) is 1.50. The first-order valence-electron chi connectivity index (χ1n) is 6.49. The first kappa shape index (κ1) is 15.0. The number of hydrogen-bond donors (Lipinski definition) is 1. The Bertz CT molecular complexity index is 536. The summed E-state index contributed by atoms with van der Waals surface area (Å²) in [5.74, 6) is -1.19. The van der Waals surface area contributed by atoms with E-state index in [2.05, 4.69) is 21.2 Å². The van der Waals surface area contributed by atoms with Crippen LogP contribution in [0.5, 0.6) is 0 Å². The maximum atomic E-state index is 13.7. The van der Waals surface area contributed by atoms with Crippen LogP contribution in [-0.4, -0.2) is 36.9 Å². The van der Waals surface area contributed by atoms with Crippen molar-refractivity contribution < 1.29 is 14.0 Å². The number of rotatable bonds is 2. The molecule has 2 rings (SSSR count). The molecule has 1 aliphatic heterocycles. The molecule has 0 aliphatic carbocycles. The highest BCUT2D eigenvalue weighted by molar-refractivity contribution is 9.10. The van der Waals surface area contributed by atoms with E-state index in [9.17, 15) is 14.0 Å². The van der Waals surface area contributed by atoms with E-state index in [4.69, 9.17) is 0 Å². The summed E-state index contributed by atoms with van der Waals surface area (Å²) in [7, 11) is 1.58. The number of piperidine rings is 1. The SMILES string of the molecule is CNC(=O)C1CCCN(C(=O)c2cc(Br)ccc2F)C1. The Morgan fingerprint density at radius 1 is 1.45 bits per heavy atom. The van der Waals surface area contributed by atoms with Gasteiger partial charge in [0.1, 0.15) is 5.82 Å². The third-order valence-corrected chi connectivity index (χ3v) is 3.98. The minimum absolute atomic E-state index is 0.0388. The van der Waals surface area contributed by atoms with E-state index in [1.165, 1.54) is 12.1 Å². The van der Waals surface area contributed by atoms with Crippen LogP contribution in [-0.2, 0) is 4.79 Å². The van der Waals surface area contributed by atoms with E-state index in [0.29, 0.717) is 17.6 Å². The molecule has 1 atom stereocenters. The van der Waals surface area contributed by atoms with Crippen LogP contribution >= 0.6 is 15.9 Å². The molecule has 108 valence electrons. The van der Waals surface area contributed by atoms with Crippen LogP contribution in [0.15, 0.2) is 22.7 Å².